The van der Waals surface area contributed by atoms with Crippen LogP contribution >= 0.6 is 0 Å². The molecule has 25 heavy (non-hydrogen) atoms. The lowest BCUT2D eigenvalue weighted by atomic mass is 10.1. The number of fused-ring (bicyclic) bond motifs is 1. The zero-order valence-corrected chi connectivity index (χ0v) is 14.0. The van der Waals surface area contributed by atoms with Gasteiger partial charge in [0.05, 0.1) is 5.69 Å². The Morgan fingerprint density at radius 2 is 1.84 bits per heavy atom. The Hall–Kier alpha value is -3.27. The topological polar surface area (TPSA) is 64.7 Å². The van der Waals surface area contributed by atoms with E-state index in [9.17, 15) is 0 Å². The summed E-state index contributed by atoms with van der Waals surface area (Å²) in [6.45, 7) is 1.98. The number of rotatable bonds is 3. The van der Waals surface area contributed by atoms with Crippen LogP contribution in [0.25, 0.3) is 22.0 Å². The molecule has 2 N–H and O–H groups in total. The first-order valence-electron chi connectivity index (χ1n) is 8.21. The van der Waals surface area contributed by atoms with Crippen LogP contribution in [0.4, 0.5) is 5.82 Å². The van der Waals surface area contributed by atoms with Crippen LogP contribution in [-0.4, -0.2) is 15.0 Å². The van der Waals surface area contributed by atoms with Gasteiger partial charge in [-0.1, -0.05) is 30.3 Å². The van der Waals surface area contributed by atoms with Crippen LogP contribution in [-0.2, 0) is 6.42 Å². The molecule has 0 aliphatic carbocycles. The van der Waals surface area contributed by atoms with Crippen LogP contribution in [0.3, 0.4) is 0 Å². The number of aromatic nitrogens is 3. The van der Waals surface area contributed by atoms with Crippen LogP contribution in [0.15, 0.2) is 67.0 Å². The van der Waals surface area contributed by atoms with Gasteiger partial charge in [-0.05, 0) is 42.1 Å². The Bertz CT molecular complexity index is 1040. The molecule has 0 aliphatic rings. The van der Waals surface area contributed by atoms with E-state index in [1.165, 1.54) is 0 Å². The predicted molar refractivity (Wildman–Crippen MR) is 101 cm³/mol. The fourth-order valence-corrected chi connectivity index (χ4v) is 2.99. The molecule has 4 aromatic rings. The summed E-state index contributed by atoms with van der Waals surface area (Å²) in [5.41, 5.74) is 11.2. The molecule has 0 aliphatic heterocycles. The fraction of sp³-hybridized carbons (Fsp3) is 0.0952. The zero-order chi connectivity index (χ0) is 17.2. The first-order chi connectivity index (χ1) is 12.2. The molecule has 0 bridgehead atoms. The number of nitrogen functional groups attached to an aromatic ring is 1. The van der Waals surface area contributed by atoms with Crippen molar-refractivity contribution >= 4 is 16.6 Å². The van der Waals surface area contributed by atoms with Gasteiger partial charge in [-0.3, -0.25) is 9.97 Å². The van der Waals surface area contributed by atoms with Crippen LogP contribution < -0.4 is 5.73 Å². The quantitative estimate of drug-likeness (QED) is 0.613. The van der Waals surface area contributed by atoms with Gasteiger partial charge in [-0.2, -0.15) is 0 Å². The number of benzene rings is 1. The summed E-state index contributed by atoms with van der Waals surface area (Å²) in [5.74, 6) is 0.574. The number of pyridine rings is 3. The summed E-state index contributed by atoms with van der Waals surface area (Å²) in [7, 11) is 0. The number of anilines is 1. The van der Waals surface area contributed by atoms with Gasteiger partial charge < -0.3 is 5.73 Å². The van der Waals surface area contributed by atoms with E-state index in [2.05, 4.69) is 33.2 Å². The maximum atomic E-state index is 6.09. The molecular formula is C21H18N4. The third-order valence-electron chi connectivity index (χ3n) is 4.23. The molecule has 0 saturated heterocycles. The lowest BCUT2D eigenvalue weighted by Gasteiger charge is -2.07. The Kier molecular flexibility index (Phi) is 3.86. The van der Waals surface area contributed by atoms with Gasteiger partial charge in [0.1, 0.15) is 5.82 Å². The molecule has 1 aromatic carbocycles. The third-order valence-corrected chi connectivity index (χ3v) is 4.23. The Balaban J connectivity index is 1.61. The highest BCUT2D eigenvalue weighted by atomic mass is 14.8. The standard InChI is InChI=1S/C21H18N4/c1-14-10-17(8-9-23-14)20-7-6-15(13-24-20)11-18-12-16-4-2-3-5-19(16)21(22)25-18/h2-10,12-13H,11H2,1H3,(H2,22,25). The molecule has 3 heterocycles. The first kappa shape index (κ1) is 15.3. The highest BCUT2D eigenvalue weighted by molar-refractivity contribution is 5.91. The van der Waals surface area contributed by atoms with Gasteiger partial charge in [0.15, 0.2) is 0 Å². The summed E-state index contributed by atoms with van der Waals surface area (Å²) in [6, 6.07) is 18.3. The second-order valence-electron chi connectivity index (χ2n) is 6.13. The molecule has 0 saturated carbocycles. The van der Waals surface area contributed by atoms with Gasteiger partial charge in [-0.25, -0.2) is 4.98 Å². The van der Waals surface area contributed by atoms with E-state index in [0.717, 1.165) is 39.0 Å². The zero-order valence-electron chi connectivity index (χ0n) is 14.0. The van der Waals surface area contributed by atoms with Gasteiger partial charge >= 0.3 is 0 Å². The van der Waals surface area contributed by atoms with Crippen molar-refractivity contribution in [1.82, 2.24) is 15.0 Å². The SMILES string of the molecule is Cc1cc(-c2ccc(Cc3cc4ccccc4c(N)n3)cn2)ccn1. The molecule has 4 heteroatoms. The normalized spacial score (nSPS) is 10.9. The minimum atomic E-state index is 0.574. The predicted octanol–water partition coefficient (Wildman–Crippen LogP) is 4.17. The molecule has 0 unspecified atom stereocenters. The lowest BCUT2D eigenvalue weighted by molar-refractivity contribution is 1.07. The molecular weight excluding hydrogens is 308 g/mol. The number of aryl methyl sites for hydroxylation is 1. The van der Waals surface area contributed by atoms with Crippen molar-refractivity contribution in [3.63, 3.8) is 0 Å². The summed E-state index contributed by atoms with van der Waals surface area (Å²) in [5, 5.41) is 2.11. The van der Waals surface area contributed by atoms with Crippen molar-refractivity contribution in [2.45, 2.75) is 13.3 Å². The first-order valence-corrected chi connectivity index (χ1v) is 8.21. The Labute approximate surface area is 146 Å². The lowest BCUT2D eigenvalue weighted by Crippen LogP contribution is -1.99. The number of hydrogen-bond donors (Lipinski definition) is 1. The van der Waals surface area contributed by atoms with Crippen LogP contribution in [0.1, 0.15) is 17.0 Å². The average molecular weight is 326 g/mol. The second kappa shape index (κ2) is 6.32. The van der Waals surface area contributed by atoms with Crippen molar-refractivity contribution in [3.05, 3.63) is 83.9 Å². The molecule has 0 amide bonds. The van der Waals surface area contributed by atoms with E-state index < -0.39 is 0 Å². The van der Waals surface area contributed by atoms with E-state index in [1.54, 1.807) is 0 Å². The monoisotopic (exact) mass is 326 g/mol. The maximum Gasteiger partial charge on any atom is 0.131 e. The second-order valence-corrected chi connectivity index (χ2v) is 6.13. The van der Waals surface area contributed by atoms with Crippen LogP contribution in [0, 0.1) is 6.92 Å². The van der Waals surface area contributed by atoms with Crippen molar-refractivity contribution in [2.24, 2.45) is 0 Å². The molecule has 3 aromatic heterocycles. The highest BCUT2D eigenvalue weighted by Gasteiger charge is 2.06. The number of hydrogen-bond acceptors (Lipinski definition) is 4. The highest BCUT2D eigenvalue weighted by Crippen LogP contribution is 2.22. The summed E-state index contributed by atoms with van der Waals surface area (Å²) in [4.78, 5) is 13.3. The Morgan fingerprint density at radius 1 is 0.960 bits per heavy atom. The van der Waals surface area contributed by atoms with Crippen molar-refractivity contribution in [2.75, 3.05) is 5.73 Å². The van der Waals surface area contributed by atoms with Gasteiger partial charge in [0.25, 0.3) is 0 Å². The van der Waals surface area contributed by atoms with Crippen LogP contribution in [0.5, 0.6) is 0 Å². The molecule has 0 radical (unpaired) electrons. The fourth-order valence-electron chi connectivity index (χ4n) is 2.99. The minimum absolute atomic E-state index is 0.574. The smallest absolute Gasteiger partial charge is 0.131 e. The van der Waals surface area contributed by atoms with Gasteiger partial charge in [-0.15, -0.1) is 0 Å². The van der Waals surface area contributed by atoms with Crippen LogP contribution in [0.2, 0.25) is 0 Å². The van der Waals surface area contributed by atoms with Crippen molar-refractivity contribution < 1.29 is 0 Å². The third kappa shape index (κ3) is 3.19. The molecule has 0 atom stereocenters. The van der Waals surface area contributed by atoms with E-state index in [4.69, 9.17) is 5.73 Å². The van der Waals surface area contributed by atoms with Gasteiger partial charge in [0, 0.05) is 41.2 Å². The maximum absolute atomic E-state index is 6.09. The molecule has 0 spiro atoms. The number of nitrogens with two attached hydrogens (primary N) is 1. The molecule has 4 nitrogen and oxygen atoms in total. The van der Waals surface area contributed by atoms with E-state index >= 15 is 0 Å². The summed E-state index contributed by atoms with van der Waals surface area (Å²) >= 11 is 0. The molecule has 4 rings (SSSR count). The molecule has 0 fully saturated rings. The average Bonchev–Trinajstić information content (AvgIpc) is 2.62. The van der Waals surface area contributed by atoms with Gasteiger partial charge in [0.2, 0.25) is 0 Å². The van der Waals surface area contributed by atoms with Crippen molar-refractivity contribution in [3.8, 4) is 11.3 Å². The minimum Gasteiger partial charge on any atom is -0.383 e. The van der Waals surface area contributed by atoms with E-state index in [-0.39, 0.29) is 0 Å². The number of nitrogens with zero attached hydrogens (tertiary/aromatic N) is 3. The van der Waals surface area contributed by atoms with Crippen molar-refractivity contribution in [1.29, 1.82) is 0 Å². The largest absolute Gasteiger partial charge is 0.383 e. The summed E-state index contributed by atoms with van der Waals surface area (Å²) in [6.07, 6.45) is 4.41. The Morgan fingerprint density at radius 3 is 2.64 bits per heavy atom. The van der Waals surface area contributed by atoms with E-state index in [0.29, 0.717) is 12.2 Å². The molecule has 122 valence electrons. The van der Waals surface area contributed by atoms with E-state index in [1.807, 2.05) is 55.7 Å². The summed E-state index contributed by atoms with van der Waals surface area (Å²) < 4.78 is 0.